The minimum atomic E-state index is -0.603. The van der Waals surface area contributed by atoms with Gasteiger partial charge in [-0.1, -0.05) is 30.3 Å². The van der Waals surface area contributed by atoms with Crippen molar-refractivity contribution in [1.29, 1.82) is 0 Å². The molecule has 0 aliphatic carbocycles. The Bertz CT molecular complexity index is 787. The summed E-state index contributed by atoms with van der Waals surface area (Å²) in [5, 5.41) is 15.7. The molecule has 3 rings (SSSR count). The third-order valence-electron chi connectivity index (χ3n) is 4.55. The average Bonchev–Trinajstić information content (AvgIpc) is 3.28. The molecule has 0 saturated carbocycles. The molecule has 2 N–H and O–H groups in total. The number of nitrogens with one attached hydrogen (secondary N) is 1. The molecule has 0 spiro atoms. The van der Waals surface area contributed by atoms with E-state index in [-0.39, 0.29) is 12.7 Å². The van der Waals surface area contributed by atoms with E-state index in [9.17, 15) is 5.11 Å². The van der Waals surface area contributed by atoms with Crippen molar-refractivity contribution in [3.63, 3.8) is 0 Å². The summed E-state index contributed by atoms with van der Waals surface area (Å²) in [4.78, 5) is 1.24. The van der Waals surface area contributed by atoms with E-state index >= 15 is 0 Å². The van der Waals surface area contributed by atoms with E-state index in [1.54, 1.807) is 25.6 Å². The number of ether oxygens (including phenoxy) is 3. The molecule has 1 atom stereocenters. The van der Waals surface area contributed by atoms with Crippen molar-refractivity contribution in [2.24, 2.45) is 0 Å². The van der Waals surface area contributed by atoms with Gasteiger partial charge in [0, 0.05) is 18.0 Å². The van der Waals surface area contributed by atoms with Gasteiger partial charge < -0.3 is 24.6 Å². The van der Waals surface area contributed by atoms with Crippen LogP contribution in [0.2, 0.25) is 0 Å². The quantitative estimate of drug-likeness (QED) is 0.497. The maximum absolute atomic E-state index is 10.4. The SMILES string of the molecule is COc1ccc(C(OCC(O)CNCc2cccs2)c2ccc(OC)cc2)cc1. The highest BCUT2D eigenvalue weighted by atomic mass is 32.1. The lowest BCUT2D eigenvalue weighted by Crippen LogP contribution is -2.30. The van der Waals surface area contributed by atoms with E-state index in [1.165, 1.54) is 4.88 Å². The molecule has 2 aromatic carbocycles. The molecule has 1 heterocycles. The molecular weight excluding hydrogens is 386 g/mol. The zero-order chi connectivity index (χ0) is 20.5. The van der Waals surface area contributed by atoms with E-state index in [0.717, 1.165) is 29.2 Å². The van der Waals surface area contributed by atoms with Gasteiger partial charge >= 0.3 is 0 Å². The van der Waals surface area contributed by atoms with Gasteiger partial charge in [-0.05, 0) is 46.8 Å². The first kappa shape index (κ1) is 21.3. The molecule has 0 radical (unpaired) electrons. The Hall–Kier alpha value is -2.38. The van der Waals surface area contributed by atoms with E-state index < -0.39 is 6.10 Å². The van der Waals surface area contributed by atoms with Crippen molar-refractivity contribution in [1.82, 2.24) is 5.32 Å². The van der Waals surface area contributed by atoms with E-state index in [0.29, 0.717) is 6.54 Å². The Balaban J connectivity index is 1.63. The van der Waals surface area contributed by atoms with E-state index in [4.69, 9.17) is 14.2 Å². The molecule has 0 bridgehead atoms. The lowest BCUT2D eigenvalue weighted by molar-refractivity contribution is 0.00648. The fraction of sp³-hybridized carbons (Fsp3) is 0.304. The Morgan fingerprint density at radius 2 is 1.48 bits per heavy atom. The molecule has 0 saturated heterocycles. The lowest BCUT2D eigenvalue weighted by atomic mass is 10.0. The summed E-state index contributed by atoms with van der Waals surface area (Å²) in [5.41, 5.74) is 1.99. The van der Waals surface area contributed by atoms with Gasteiger partial charge in [0.2, 0.25) is 0 Å². The van der Waals surface area contributed by atoms with Gasteiger partial charge in [0.15, 0.2) is 0 Å². The van der Waals surface area contributed by atoms with Crippen molar-refractivity contribution < 1.29 is 19.3 Å². The lowest BCUT2D eigenvalue weighted by Gasteiger charge is -2.22. The molecule has 1 unspecified atom stereocenters. The number of benzene rings is 2. The van der Waals surface area contributed by atoms with Crippen molar-refractivity contribution in [3.8, 4) is 11.5 Å². The topological polar surface area (TPSA) is 60.0 Å². The maximum atomic E-state index is 10.4. The Labute approximate surface area is 175 Å². The van der Waals surface area contributed by atoms with Crippen LogP contribution in [0.25, 0.3) is 0 Å². The van der Waals surface area contributed by atoms with Gasteiger partial charge in [-0.15, -0.1) is 11.3 Å². The standard InChI is InChI=1S/C23H27NO4S/c1-26-20-9-5-17(6-10-20)23(18-7-11-21(27-2)12-8-18)28-16-19(25)14-24-15-22-4-3-13-29-22/h3-13,19,23-25H,14-16H2,1-2H3. The van der Waals surface area contributed by atoms with Crippen LogP contribution in [0.1, 0.15) is 22.1 Å². The smallest absolute Gasteiger partial charge is 0.118 e. The summed E-state index contributed by atoms with van der Waals surface area (Å²) >= 11 is 1.70. The van der Waals surface area contributed by atoms with Crippen LogP contribution in [-0.2, 0) is 11.3 Å². The summed E-state index contributed by atoms with van der Waals surface area (Å²) in [6.45, 7) is 1.44. The molecular formula is C23H27NO4S. The zero-order valence-electron chi connectivity index (χ0n) is 16.7. The minimum absolute atomic E-state index is 0.222. The summed E-state index contributed by atoms with van der Waals surface area (Å²) in [6, 6.07) is 19.7. The molecule has 3 aromatic rings. The molecule has 6 heteroatoms. The highest BCUT2D eigenvalue weighted by molar-refractivity contribution is 7.09. The molecule has 0 amide bonds. The van der Waals surface area contributed by atoms with Crippen LogP contribution in [-0.4, -0.2) is 38.6 Å². The van der Waals surface area contributed by atoms with Crippen LogP contribution in [0.15, 0.2) is 66.0 Å². The third kappa shape index (κ3) is 6.30. The highest BCUT2D eigenvalue weighted by Crippen LogP contribution is 2.29. The average molecular weight is 414 g/mol. The predicted molar refractivity (Wildman–Crippen MR) is 116 cm³/mol. The first-order valence-corrected chi connectivity index (χ1v) is 10.4. The van der Waals surface area contributed by atoms with Gasteiger partial charge in [0.1, 0.15) is 17.6 Å². The number of aliphatic hydroxyl groups is 1. The normalized spacial score (nSPS) is 12.1. The summed E-state index contributed by atoms with van der Waals surface area (Å²) in [5.74, 6) is 1.58. The zero-order valence-corrected chi connectivity index (χ0v) is 17.5. The van der Waals surface area contributed by atoms with Crippen molar-refractivity contribution in [2.45, 2.75) is 18.8 Å². The fourth-order valence-corrected chi connectivity index (χ4v) is 3.66. The largest absolute Gasteiger partial charge is 0.497 e. The summed E-state index contributed by atoms with van der Waals surface area (Å²) < 4.78 is 16.6. The fourth-order valence-electron chi connectivity index (χ4n) is 2.98. The highest BCUT2D eigenvalue weighted by Gasteiger charge is 2.17. The van der Waals surface area contributed by atoms with Crippen LogP contribution in [0.5, 0.6) is 11.5 Å². The van der Waals surface area contributed by atoms with Gasteiger partial charge in [0.05, 0.1) is 26.9 Å². The second-order valence-corrected chi connectivity index (χ2v) is 7.66. The number of aliphatic hydroxyl groups excluding tert-OH is 1. The first-order chi connectivity index (χ1) is 14.2. The van der Waals surface area contributed by atoms with Crippen LogP contribution < -0.4 is 14.8 Å². The first-order valence-electron chi connectivity index (χ1n) is 9.50. The van der Waals surface area contributed by atoms with Crippen molar-refractivity contribution in [3.05, 3.63) is 82.0 Å². The van der Waals surface area contributed by atoms with Gasteiger partial charge in [0.25, 0.3) is 0 Å². The van der Waals surface area contributed by atoms with Crippen LogP contribution >= 0.6 is 11.3 Å². The molecule has 0 fully saturated rings. The molecule has 5 nitrogen and oxygen atoms in total. The van der Waals surface area contributed by atoms with Crippen LogP contribution in [0.4, 0.5) is 0 Å². The number of hydrogen-bond acceptors (Lipinski definition) is 6. The Kier molecular flexibility index (Phi) is 8.07. The van der Waals surface area contributed by atoms with E-state index in [1.807, 2.05) is 60.0 Å². The summed E-state index contributed by atoms with van der Waals surface area (Å²) in [6.07, 6.45) is -0.896. The number of rotatable bonds is 11. The second kappa shape index (κ2) is 11.0. The maximum Gasteiger partial charge on any atom is 0.118 e. The Morgan fingerprint density at radius 3 is 1.97 bits per heavy atom. The van der Waals surface area contributed by atoms with Gasteiger partial charge in [-0.3, -0.25) is 0 Å². The van der Waals surface area contributed by atoms with Crippen LogP contribution in [0, 0.1) is 0 Å². The molecule has 0 aliphatic rings. The monoisotopic (exact) mass is 413 g/mol. The number of thiophene rings is 1. The predicted octanol–water partition coefficient (Wildman–Crippen LogP) is 4.02. The van der Waals surface area contributed by atoms with Crippen LogP contribution in [0.3, 0.4) is 0 Å². The van der Waals surface area contributed by atoms with Crippen molar-refractivity contribution in [2.75, 3.05) is 27.4 Å². The molecule has 1 aromatic heterocycles. The van der Waals surface area contributed by atoms with Gasteiger partial charge in [-0.2, -0.15) is 0 Å². The van der Waals surface area contributed by atoms with Gasteiger partial charge in [-0.25, -0.2) is 0 Å². The van der Waals surface area contributed by atoms with Crippen molar-refractivity contribution >= 4 is 11.3 Å². The number of hydrogen-bond donors (Lipinski definition) is 2. The summed E-state index contributed by atoms with van der Waals surface area (Å²) in [7, 11) is 3.29. The number of methoxy groups -OCH3 is 2. The molecule has 154 valence electrons. The molecule has 0 aliphatic heterocycles. The minimum Gasteiger partial charge on any atom is -0.497 e. The van der Waals surface area contributed by atoms with E-state index in [2.05, 4.69) is 11.4 Å². The molecule has 29 heavy (non-hydrogen) atoms. The Morgan fingerprint density at radius 1 is 0.897 bits per heavy atom. The third-order valence-corrected chi connectivity index (χ3v) is 5.43. The second-order valence-electron chi connectivity index (χ2n) is 6.62.